The SMILES string of the molecule is CN(C(=O)CC1CCCN1)C(C1CC1)C1CC1.Cl. The lowest BCUT2D eigenvalue weighted by atomic mass is 10.0. The van der Waals surface area contributed by atoms with Gasteiger partial charge >= 0.3 is 0 Å². The van der Waals surface area contributed by atoms with E-state index in [1.165, 1.54) is 38.5 Å². The van der Waals surface area contributed by atoms with Gasteiger partial charge in [0, 0.05) is 25.6 Å². The fourth-order valence-corrected chi connectivity index (χ4v) is 3.34. The van der Waals surface area contributed by atoms with E-state index in [2.05, 4.69) is 10.2 Å². The zero-order chi connectivity index (χ0) is 11.8. The topological polar surface area (TPSA) is 32.3 Å². The summed E-state index contributed by atoms with van der Waals surface area (Å²) in [5, 5.41) is 3.42. The summed E-state index contributed by atoms with van der Waals surface area (Å²) in [7, 11) is 2.04. The molecule has 0 aromatic rings. The fourth-order valence-electron chi connectivity index (χ4n) is 3.34. The molecule has 0 aromatic carbocycles. The van der Waals surface area contributed by atoms with Crippen LogP contribution in [-0.2, 0) is 4.79 Å². The highest BCUT2D eigenvalue weighted by molar-refractivity contribution is 5.85. The van der Waals surface area contributed by atoms with Crippen LogP contribution >= 0.6 is 12.4 Å². The van der Waals surface area contributed by atoms with E-state index >= 15 is 0 Å². The first-order valence-corrected chi connectivity index (χ1v) is 7.25. The second kappa shape index (κ2) is 5.79. The van der Waals surface area contributed by atoms with Crippen LogP contribution in [0.5, 0.6) is 0 Å². The van der Waals surface area contributed by atoms with Crippen LogP contribution in [0.4, 0.5) is 0 Å². The molecule has 1 N–H and O–H groups in total. The molecule has 104 valence electrons. The Labute approximate surface area is 116 Å². The van der Waals surface area contributed by atoms with Crippen molar-refractivity contribution in [2.24, 2.45) is 11.8 Å². The molecule has 2 saturated carbocycles. The summed E-state index contributed by atoms with van der Waals surface area (Å²) >= 11 is 0. The average Bonchev–Trinajstić information content (AvgIpc) is 3.23. The monoisotopic (exact) mass is 272 g/mol. The van der Waals surface area contributed by atoms with E-state index in [0.29, 0.717) is 24.4 Å². The average molecular weight is 273 g/mol. The Morgan fingerprint density at radius 1 is 1.22 bits per heavy atom. The van der Waals surface area contributed by atoms with E-state index in [9.17, 15) is 4.79 Å². The smallest absolute Gasteiger partial charge is 0.224 e. The van der Waals surface area contributed by atoms with Gasteiger partial charge in [-0.15, -0.1) is 12.4 Å². The molecule has 1 unspecified atom stereocenters. The van der Waals surface area contributed by atoms with E-state index < -0.39 is 0 Å². The quantitative estimate of drug-likeness (QED) is 0.832. The summed E-state index contributed by atoms with van der Waals surface area (Å²) in [4.78, 5) is 14.4. The Morgan fingerprint density at radius 2 is 1.83 bits per heavy atom. The summed E-state index contributed by atoms with van der Waals surface area (Å²) in [5.74, 6) is 2.02. The normalized spacial score (nSPS) is 27.1. The molecule has 3 rings (SSSR count). The van der Waals surface area contributed by atoms with Crippen molar-refractivity contribution in [1.82, 2.24) is 10.2 Å². The first-order chi connectivity index (χ1) is 8.25. The second-order valence-corrected chi connectivity index (χ2v) is 6.17. The number of hydrogen-bond donors (Lipinski definition) is 1. The van der Waals surface area contributed by atoms with Crippen molar-refractivity contribution in [1.29, 1.82) is 0 Å². The molecule has 1 saturated heterocycles. The van der Waals surface area contributed by atoms with Gasteiger partial charge in [0.1, 0.15) is 0 Å². The van der Waals surface area contributed by atoms with Gasteiger partial charge in [-0.3, -0.25) is 4.79 Å². The molecule has 0 bridgehead atoms. The largest absolute Gasteiger partial charge is 0.342 e. The maximum absolute atomic E-state index is 12.3. The van der Waals surface area contributed by atoms with E-state index in [-0.39, 0.29) is 12.4 Å². The minimum absolute atomic E-state index is 0. The minimum Gasteiger partial charge on any atom is -0.342 e. The number of halogens is 1. The highest BCUT2D eigenvalue weighted by Gasteiger charge is 2.44. The molecule has 1 atom stereocenters. The second-order valence-electron chi connectivity index (χ2n) is 6.17. The number of nitrogens with zero attached hydrogens (tertiary/aromatic N) is 1. The van der Waals surface area contributed by atoms with Crippen LogP contribution in [0.15, 0.2) is 0 Å². The van der Waals surface area contributed by atoms with Gasteiger partial charge in [-0.05, 0) is 56.9 Å². The summed E-state index contributed by atoms with van der Waals surface area (Å²) < 4.78 is 0. The number of hydrogen-bond acceptors (Lipinski definition) is 2. The van der Waals surface area contributed by atoms with Gasteiger partial charge in [0.2, 0.25) is 5.91 Å². The van der Waals surface area contributed by atoms with Crippen LogP contribution in [-0.4, -0.2) is 36.5 Å². The van der Waals surface area contributed by atoms with Crippen molar-refractivity contribution >= 4 is 18.3 Å². The summed E-state index contributed by atoms with van der Waals surface area (Å²) in [6, 6.07) is 1.02. The Bertz CT molecular complexity index is 284. The van der Waals surface area contributed by atoms with E-state index in [1.54, 1.807) is 0 Å². The first kappa shape index (κ1) is 14.1. The van der Waals surface area contributed by atoms with Gasteiger partial charge in [-0.2, -0.15) is 0 Å². The van der Waals surface area contributed by atoms with Crippen molar-refractivity contribution in [3.8, 4) is 0 Å². The number of carbonyl (C=O) groups excluding carboxylic acids is 1. The molecule has 4 heteroatoms. The molecule has 2 aliphatic carbocycles. The highest BCUT2D eigenvalue weighted by atomic mass is 35.5. The third-order valence-corrected chi connectivity index (χ3v) is 4.63. The predicted octanol–water partition coefficient (Wildman–Crippen LogP) is 2.20. The minimum atomic E-state index is 0. The van der Waals surface area contributed by atoms with E-state index in [0.717, 1.165) is 18.4 Å². The van der Waals surface area contributed by atoms with Crippen LogP contribution < -0.4 is 5.32 Å². The highest BCUT2D eigenvalue weighted by Crippen LogP contribution is 2.46. The molecule has 1 aliphatic heterocycles. The fraction of sp³-hybridized carbons (Fsp3) is 0.929. The Kier molecular flexibility index (Phi) is 4.54. The van der Waals surface area contributed by atoms with Gasteiger partial charge in [0.25, 0.3) is 0 Å². The van der Waals surface area contributed by atoms with Gasteiger partial charge in [-0.1, -0.05) is 0 Å². The third-order valence-electron chi connectivity index (χ3n) is 4.63. The maximum Gasteiger partial charge on any atom is 0.224 e. The van der Waals surface area contributed by atoms with E-state index in [4.69, 9.17) is 0 Å². The number of carbonyl (C=O) groups is 1. The Hall–Kier alpha value is -0.280. The number of amides is 1. The van der Waals surface area contributed by atoms with Crippen molar-refractivity contribution in [2.75, 3.05) is 13.6 Å². The van der Waals surface area contributed by atoms with E-state index in [1.807, 2.05) is 7.05 Å². The van der Waals surface area contributed by atoms with Gasteiger partial charge in [0.15, 0.2) is 0 Å². The molecule has 1 amide bonds. The zero-order valence-corrected chi connectivity index (χ0v) is 12.0. The molecule has 0 radical (unpaired) electrons. The number of rotatable bonds is 5. The number of nitrogens with one attached hydrogen (secondary N) is 1. The Balaban J connectivity index is 0.00000120. The molecule has 0 spiro atoms. The molecule has 18 heavy (non-hydrogen) atoms. The Morgan fingerprint density at radius 3 is 2.28 bits per heavy atom. The molecular formula is C14H25ClN2O. The van der Waals surface area contributed by atoms with Gasteiger partial charge < -0.3 is 10.2 Å². The summed E-state index contributed by atoms with van der Waals surface area (Å²) in [5.41, 5.74) is 0. The molecule has 3 fully saturated rings. The first-order valence-electron chi connectivity index (χ1n) is 7.25. The van der Waals surface area contributed by atoms with Gasteiger partial charge in [0.05, 0.1) is 0 Å². The lowest BCUT2D eigenvalue weighted by Crippen LogP contribution is -2.42. The molecule has 3 nitrogen and oxygen atoms in total. The van der Waals surface area contributed by atoms with Crippen molar-refractivity contribution < 1.29 is 4.79 Å². The molecule has 3 aliphatic rings. The standard InChI is InChI=1S/C14H24N2O.ClH/c1-16(13(17)9-12-3-2-8-15-12)14(10-4-5-10)11-6-7-11;/h10-12,14-15H,2-9H2,1H3;1H. The maximum atomic E-state index is 12.3. The summed E-state index contributed by atoms with van der Waals surface area (Å²) in [6.07, 6.45) is 8.52. The van der Waals surface area contributed by atoms with Crippen molar-refractivity contribution in [3.63, 3.8) is 0 Å². The van der Waals surface area contributed by atoms with Gasteiger partial charge in [-0.25, -0.2) is 0 Å². The summed E-state index contributed by atoms with van der Waals surface area (Å²) in [6.45, 7) is 1.09. The predicted molar refractivity (Wildman–Crippen MR) is 74.9 cm³/mol. The van der Waals surface area contributed by atoms with Crippen LogP contribution in [0.25, 0.3) is 0 Å². The van der Waals surface area contributed by atoms with Crippen LogP contribution in [0.3, 0.4) is 0 Å². The van der Waals surface area contributed by atoms with Crippen molar-refractivity contribution in [2.45, 2.75) is 57.0 Å². The lowest BCUT2D eigenvalue weighted by molar-refractivity contribution is -0.133. The van der Waals surface area contributed by atoms with Crippen LogP contribution in [0.1, 0.15) is 44.9 Å². The zero-order valence-electron chi connectivity index (χ0n) is 11.2. The van der Waals surface area contributed by atoms with Crippen molar-refractivity contribution in [3.05, 3.63) is 0 Å². The lowest BCUT2D eigenvalue weighted by Gasteiger charge is -2.29. The van der Waals surface area contributed by atoms with Crippen LogP contribution in [0, 0.1) is 11.8 Å². The van der Waals surface area contributed by atoms with Crippen LogP contribution in [0.2, 0.25) is 0 Å². The molecule has 1 heterocycles. The third kappa shape index (κ3) is 3.18. The molecule has 0 aromatic heterocycles. The molecular weight excluding hydrogens is 248 g/mol.